The van der Waals surface area contributed by atoms with Crippen LogP contribution in [0, 0.1) is 0 Å². The van der Waals surface area contributed by atoms with Crippen LogP contribution in [0.5, 0.6) is 0 Å². The minimum atomic E-state index is -0.635. The Labute approximate surface area is 136 Å². The van der Waals surface area contributed by atoms with Crippen molar-refractivity contribution in [3.63, 3.8) is 0 Å². The third-order valence-electron chi connectivity index (χ3n) is 6.02. The van der Waals surface area contributed by atoms with Gasteiger partial charge in [-0.2, -0.15) is 0 Å². The van der Waals surface area contributed by atoms with E-state index < -0.39 is 5.54 Å². The summed E-state index contributed by atoms with van der Waals surface area (Å²) in [6.07, 6.45) is 8.31. The minimum absolute atomic E-state index is 0.00970. The van der Waals surface area contributed by atoms with Crippen molar-refractivity contribution in [2.24, 2.45) is 0 Å². The van der Waals surface area contributed by atoms with E-state index in [0.29, 0.717) is 11.6 Å². The Bertz CT molecular complexity index is 713. The van der Waals surface area contributed by atoms with Crippen LogP contribution in [0.25, 0.3) is 5.76 Å². The molecule has 1 aromatic rings. The number of Topliss-reactive ketones (excluding diaryl/α,β-unsaturated/α-hetero) is 2. The molecule has 1 aromatic heterocycles. The van der Waals surface area contributed by atoms with E-state index >= 15 is 0 Å². The fourth-order valence-corrected chi connectivity index (χ4v) is 4.96. The van der Waals surface area contributed by atoms with Gasteiger partial charge in [0.2, 0.25) is 0 Å². The number of aliphatic hydroxyl groups is 1. The van der Waals surface area contributed by atoms with Crippen molar-refractivity contribution >= 4 is 17.3 Å². The predicted molar refractivity (Wildman–Crippen MR) is 87.3 cm³/mol. The molecular weight excluding hydrogens is 290 g/mol. The largest absolute Gasteiger partial charge is 0.505 e. The summed E-state index contributed by atoms with van der Waals surface area (Å²) >= 11 is 0. The molecular formula is C19H23NO3. The van der Waals surface area contributed by atoms with Crippen LogP contribution in [0.4, 0.5) is 0 Å². The van der Waals surface area contributed by atoms with Crippen LogP contribution in [0.1, 0.15) is 75.6 Å². The molecule has 2 heterocycles. The number of hydrogen-bond donors (Lipinski definition) is 1. The number of carbonyl (C=O) groups is 2. The number of fused-ring (bicyclic) bond motifs is 2. The number of hydrogen-bond acceptors (Lipinski definition) is 3. The topological polar surface area (TPSA) is 59.3 Å². The molecule has 2 aliphatic carbocycles. The van der Waals surface area contributed by atoms with Crippen molar-refractivity contribution in [2.45, 2.75) is 69.7 Å². The molecule has 3 aliphatic rings. The molecule has 4 heteroatoms. The van der Waals surface area contributed by atoms with E-state index in [1.165, 1.54) is 25.5 Å². The summed E-state index contributed by atoms with van der Waals surface area (Å²) in [4.78, 5) is 25.2. The van der Waals surface area contributed by atoms with E-state index in [1.54, 1.807) is 0 Å². The maximum atomic E-state index is 13.2. The van der Waals surface area contributed by atoms with Gasteiger partial charge in [-0.3, -0.25) is 9.59 Å². The molecule has 0 aromatic carbocycles. The smallest absolute Gasteiger partial charge is 0.196 e. The number of nitrogens with zero attached hydrogens (tertiary/aromatic N) is 1. The third kappa shape index (κ3) is 1.90. The Morgan fingerprint density at radius 2 is 1.83 bits per heavy atom. The molecule has 0 bridgehead atoms. The molecule has 1 spiro atoms. The van der Waals surface area contributed by atoms with Crippen LogP contribution in [0.2, 0.25) is 0 Å². The summed E-state index contributed by atoms with van der Waals surface area (Å²) < 4.78 is 2.11. The van der Waals surface area contributed by atoms with Gasteiger partial charge in [-0.25, -0.2) is 0 Å². The van der Waals surface area contributed by atoms with Crippen molar-refractivity contribution in [1.29, 1.82) is 0 Å². The lowest BCUT2D eigenvalue weighted by atomic mass is 9.81. The molecule has 1 N–H and O–H groups in total. The molecule has 1 aliphatic heterocycles. The molecule has 122 valence electrons. The Hall–Kier alpha value is -1.84. The lowest BCUT2D eigenvalue weighted by Crippen LogP contribution is -2.46. The molecule has 2 fully saturated rings. The first-order valence-corrected chi connectivity index (χ1v) is 8.78. The summed E-state index contributed by atoms with van der Waals surface area (Å²) in [5.74, 6) is -0.137. The Balaban J connectivity index is 1.96. The molecule has 0 atom stereocenters. The standard InChI is InChI=1S/C19H23NO3/c1-12(21)16-17(22)15-9-8-14(13-6-2-3-7-13)20(15)19(18(16)23)10-4-5-11-19/h8-9,13,22H,2-7,10-11H2,1H3. The second-order valence-corrected chi connectivity index (χ2v) is 7.31. The van der Waals surface area contributed by atoms with Gasteiger partial charge in [0.25, 0.3) is 0 Å². The lowest BCUT2D eigenvalue weighted by molar-refractivity contribution is -0.127. The number of rotatable bonds is 2. The first kappa shape index (κ1) is 14.7. The Morgan fingerprint density at radius 3 is 2.43 bits per heavy atom. The molecule has 0 radical (unpaired) electrons. The average Bonchev–Trinajstić information content (AvgIpc) is 3.25. The molecule has 0 unspecified atom stereocenters. The van der Waals surface area contributed by atoms with E-state index in [2.05, 4.69) is 10.6 Å². The number of allylic oxidation sites excluding steroid dienone is 1. The summed E-state index contributed by atoms with van der Waals surface area (Å²) in [7, 11) is 0. The fourth-order valence-electron chi connectivity index (χ4n) is 4.96. The van der Waals surface area contributed by atoms with Crippen LogP contribution in [-0.2, 0) is 15.1 Å². The fraction of sp³-hybridized carbons (Fsp3) is 0.579. The highest BCUT2D eigenvalue weighted by Gasteiger charge is 2.51. The highest BCUT2D eigenvalue weighted by Crippen LogP contribution is 2.48. The zero-order valence-corrected chi connectivity index (χ0v) is 13.6. The first-order chi connectivity index (χ1) is 11.1. The first-order valence-electron chi connectivity index (χ1n) is 8.78. The quantitative estimate of drug-likeness (QED) is 0.844. The van der Waals surface area contributed by atoms with Gasteiger partial charge in [0.05, 0.1) is 5.69 Å². The molecule has 2 saturated carbocycles. The van der Waals surface area contributed by atoms with Crippen molar-refractivity contribution in [2.75, 3.05) is 0 Å². The number of ketones is 2. The van der Waals surface area contributed by atoms with Crippen LogP contribution in [0.3, 0.4) is 0 Å². The normalized spacial score (nSPS) is 23.8. The number of aliphatic hydroxyl groups excluding tert-OH is 1. The van der Waals surface area contributed by atoms with Gasteiger partial charge in [0.1, 0.15) is 11.1 Å². The maximum absolute atomic E-state index is 13.2. The van der Waals surface area contributed by atoms with Crippen LogP contribution < -0.4 is 0 Å². The molecule has 4 rings (SSSR count). The Morgan fingerprint density at radius 1 is 1.17 bits per heavy atom. The minimum Gasteiger partial charge on any atom is -0.505 e. The summed E-state index contributed by atoms with van der Waals surface area (Å²) in [5, 5.41) is 10.6. The number of carbonyl (C=O) groups excluding carboxylic acids is 2. The zero-order chi connectivity index (χ0) is 16.2. The van der Waals surface area contributed by atoms with Gasteiger partial charge in [0.15, 0.2) is 17.3 Å². The van der Waals surface area contributed by atoms with E-state index in [-0.39, 0.29) is 22.9 Å². The molecule has 0 saturated heterocycles. The summed E-state index contributed by atoms with van der Waals surface area (Å²) in [5.41, 5.74) is 1.22. The van der Waals surface area contributed by atoms with Crippen molar-refractivity contribution < 1.29 is 14.7 Å². The zero-order valence-electron chi connectivity index (χ0n) is 13.6. The Kier molecular flexibility index (Phi) is 3.26. The second kappa shape index (κ2) is 5.08. The molecule has 23 heavy (non-hydrogen) atoms. The highest BCUT2D eigenvalue weighted by atomic mass is 16.3. The van der Waals surface area contributed by atoms with Gasteiger partial charge in [-0.05, 0) is 50.7 Å². The average molecular weight is 313 g/mol. The van der Waals surface area contributed by atoms with Gasteiger partial charge < -0.3 is 9.67 Å². The van der Waals surface area contributed by atoms with Crippen molar-refractivity contribution in [1.82, 2.24) is 4.57 Å². The van der Waals surface area contributed by atoms with Gasteiger partial charge in [-0.15, -0.1) is 0 Å². The van der Waals surface area contributed by atoms with E-state index in [0.717, 1.165) is 38.5 Å². The summed E-state index contributed by atoms with van der Waals surface area (Å²) in [6.45, 7) is 1.38. The summed E-state index contributed by atoms with van der Waals surface area (Å²) in [6, 6.07) is 3.97. The van der Waals surface area contributed by atoms with Gasteiger partial charge in [-0.1, -0.05) is 25.7 Å². The predicted octanol–water partition coefficient (Wildman–Crippen LogP) is 3.86. The van der Waals surface area contributed by atoms with E-state index in [1.807, 2.05) is 6.07 Å². The highest BCUT2D eigenvalue weighted by molar-refractivity contribution is 6.27. The monoisotopic (exact) mass is 313 g/mol. The second-order valence-electron chi connectivity index (χ2n) is 7.31. The van der Waals surface area contributed by atoms with Gasteiger partial charge in [0, 0.05) is 5.69 Å². The van der Waals surface area contributed by atoms with Crippen molar-refractivity contribution in [3.8, 4) is 0 Å². The number of aromatic nitrogens is 1. The third-order valence-corrected chi connectivity index (χ3v) is 6.02. The maximum Gasteiger partial charge on any atom is 0.196 e. The van der Waals surface area contributed by atoms with Crippen LogP contribution in [-0.4, -0.2) is 21.2 Å². The van der Waals surface area contributed by atoms with Crippen LogP contribution in [0.15, 0.2) is 17.7 Å². The van der Waals surface area contributed by atoms with Crippen LogP contribution >= 0.6 is 0 Å². The van der Waals surface area contributed by atoms with Crippen molar-refractivity contribution in [3.05, 3.63) is 29.1 Å². The van der Waals surface area contributed by atoms with E-state index in [9.17, 15) is 14.7 Å². The molecule has 0 amide bonds. The van der Waals surface area contributed by atoms with E-state index in [4.69, 9.17) is 0 Å². The van der Waals surface area contributed by atoms with Gasteiger partial charge >= 0.3 is 0 Å². The SMILES string of the molecule is CC(=O)C1=C(O)c2ccc(C3CCCC3)n2C2(CCCC2)C1=O. The molecule has 4 nitrogen and oxygen atoms in total. The lowest BCUT2D eigenvalue weighted by Gasteiger charge is -2.38.